The average molecular weight is 371 g/mol. The summed E-state index contributed by atoms with van der Waals surface area (Å²) < 4.78 is 12.4. The van der Waals surface area contributed by atoms with Crippen molar-refractivity contribution < 1.29 is 19.1 Å². The van der Waals surface area contributed by atoms with E-state index in [4.69, 9.17) is 21.1 Å². The molecule has 0 saturated carbocycles. The van der Waals surface area contributed by atoms with E-state index in [0.717, 1.165) is 0 Å². The molecule has 6 nitrogen and oxygen atoms in total. The fraction of sp³-hybridized carbons (Fsp3) is 0.158. The summed E-state index contributed by atoms with van der Waals surface area (Å²) in [7, 11) is 0. The van der Waals surface area contributed by atoms with Crippen molar-refractivity contribution >= 4 is 40.0 Å². The fourth-order valence-electron chi connectivity index (χ4n) is 2.96. The Morgan fingerprint density at radius 3 is 2.62 bits per heavy atom. The molecule has 0 atom stereocenters. The van der Waals surface area contributed by atoms with Crippen molar-refractivity contribution in [1.82, 2.24) is 4.57 Å². The Labute approximate surface area is 154 Å². The number of carbonyl (C=O) groups excluding carboxylic acids is 2. The largest absolute Gasteiger partial charge is 0.486 e. The first-order valence-electron chi connectivity index (χ1n) is 8.05. The Balaban J connectivity index is 1.69. The summed E-state index contributed by atoms with van der Waals surface area (Å²) in [5, 5.41) is 3.98. The maximum Gasteiger partial charge on any atom is 0.257 e. The number of nitrogens with zero attached hydrogens (tertiary/aromatic N) is 1. The van der Waals surface area contributed by atoms with Gasteiger partial charge >= 0.3 is 0 Å². The summed E-state index contributed by atoms with van der Waals surface area (Å²) in [6, 6.07) is 10.3. The summed E-state index contributed by atoms with van der Waals surface area (Å²) in [4.78, 5) is 24.7. The number of fused-ring (bicyclic) bond motifs is 2. The quantitative estimate of drug-likeness (QED) is 0.740. The Morgan fingerprint density at radius 1 is 1.08 bits per heavy atom. The number of aromatic nitrogens is 1. The third-order valence-electron chi connectivity index (χ3n) is 4.15. The average Bonchev–Trinajstić information content (AvgIpc) is 3.00. The maximum atomic E-state index is 12.8. The van der Waals surface area contributed by atoms with Crippen LogP contribution in [-0.2, 0) is 0 Å². The summed E-state index contributed by atoms with van der Waals surface area (Å²) >= 11 is 6.03. The molecule has 0 bridgehead atoms. The van der Waals surface area contributed by atoms with Gasteiger partial charge in [-0.1, -0.05) is 17.7 Å². The highest BCUT2D eigenvalue weighted by Gasteiger charge is 2.18. The molecule has 1 aliphatic heterocycles. The molecular formula is C19H15ClN2O4. The molecule has 7 heteroatoms. The predicted molar refractivity (Wildman–Crippen MR) is 98.6 cm³/mol. The zero-order valence-corrected chi connectivity index (χ0v) is 14.7. The smallest absolute Gasteiger partial charge is 0.257 e. The van der Waals surface area contributed by atoms with Crippen LogP contribution in [0.3, 0.4) is 0 Å². The topological polar surface area (TPSA) is 69.6 Å². The second-order valence-corrected chi connectivity index (χ2v) is 6.34. The van der Waals surface area contributed by atoms with Crippen LogP contribution < -0.4 is 14.8 Å². The highest BCUT2D eigenvalue weighted by Crippen LogP contribution is 2.33. The first-order chi connectivity index (χ1) is 12.5. The van der Waals surface area contributed by atoms with E-state index in [1.165, 1.54) is 17.7 Å². The van der Waals surface area contributed by atoms with Crippen molar-refractivity contribution in [3.8, 4) is 11.5 Å². The Morgan fingerprint density at radius 2 is 1.85 bits per heavy atom. The van der Waals surface area contributed by atoms with E-state index >= 15 is 0 Å². The van der Waals surface area contributed by atoms with Crippen molar-refractivity contribution in [3.05, 3.63) is 53.2 Å². The van der Waals surface area contributed by atoms with Gasteiger partial charge in [-0.3, -0.25) is 14.2 Å². The van der Waals surface area contributed by atoms with E-state index in [0.29, 0.717) is 51.9 Å². The van der Waals surface area contributed by atoms with E-state index in [9.17, 15) is 9.59 Å². The van der Waals surface area contributed by atoms with Gasteiger partial charge in [-0.15, -0.1) is 0 Å². The molecule has 0 saturated heterocycles. The molecule has 1 aliphatic rings. The van der Waals surface area contributed by atoms with Crippen molar-refractivity contribution in [2.75, 3.05) is 18.5 Å². The number of nitrogens with one attached hydrogen (secondary N) is 1. The summed E-state index contributed by atoms with van der Waals surface area (Å²) in [5.74, 6) is 0.716. The molecule has 132 valence electrons. The maximum absolute atomic E-state index is 12.8. The summed E-state index contributed by atoms with van der Waals surface area (Å²) in [6.45, 7) is 2.41. The number of carbonyl (C=O) groups is 2. The molecule has 4 rings (SSSR count). The minimum absolute atomic E-state index is 0.198. The van der Waals surface area contributed by atoms with Crippen LogP contribution in [0.5, 0.6) is 11.5 Å². The first kappa shape index (κ1) is 16.5. The van der Waals surface area contributed by atoms with Gasteiger partial charge in [0.15, 0.2) is 11.5 Å². The van der Waals surface area contributed by atoms with Crippen LogP contribution in [0, 0.1) is 0 Å². The number of amides is 1. The fourth-order valence-corrected chi connectivity index (χ4v) is 3.13. The second kappa shape index (κ2) is 6.38. The van der Waals surface area contributed by atoms with Crippen molar-refractivity contribution in [2.24, 2.45) is 0 Å². The SMILES string of the molecule is CC(=O)n1cc(C(=O)Nc2ccc3c(c2)OCCO3)c2ccc(Cl)cc21. The number of ether oxygens (including phenoxy) is 2. The Bertz CT molecular complexity index is 1040. The van der Waals surface area contributed by atoms with Gasteiger partial charge in [0, 0.05) is 35.3 Å². The molecule has 1 amide bonds. The summed E-state index contributed by atoms with van der Waals surface area (Å²) in [6.07, 6.45) is 1.52. The number of benzene rings is 2. The van der Waals surface area contributed by atoms with Gasteiger partial charge in [0.05, 0.1) is 11.1 Å². The minimum atomic E-state index is -0.325. The van der Waals surface area contributed by atoms with Gasteiger partial charge in [-0.05, 0) is 24.3 Å². The van der Waals surface area contributed by atoms with Crippen molar-refractivity contribution in [3.63, 3.8) is 0 Å². The Hall–Kier alpha value is -2.99. The van der Waals surface area contributed by atoms with Crippen LogP contribution in [0.15, 0.2) is 42.6 Å². The van der Waals surface area contributed by atoms with Crippen LogP contribution in [0.4, 0.5) is 5.69 Å². The standard InChI is InChI=1S/C19H15ClN2O4/c1-11(23)22-10-15(14-4-2-12(20)8-16(14)22)19(24)21-13-3-5-17-18(9-13)26-7-6-25-17/h2-5,8-10H,6-7H2,1H3,(H,21,24). The van der Waals surface area contributed by atoms with Crippen LogP contribution >= 0.6 is 11.6 Å². The zero-order valence-electron chi connectivity index (χ0n) is 13.9. The third kappa shape index (κ3) is 2.88. The van der Waals surface area contributed by atoms with E-state index in [1.54, 1.807) is 36.4 Å². The minimum Gasteiger partial charge on any atom is -0.486 e. The number of rotatable bonds is 2. The summed E-state index contributed by atoms with van der Waals surface area (Å²) in [5.41, 5.74) is 1.57. The number of hydrogen-bond donors (Lipinski definition) is 1. The normalized spacial score (nSPS) is 12.8. The predicted octanol–water partition coefficient (Wildman–Crippen LogP) is 3.98. The lowest BCUT2D eigenvalue weighted by Gasteiger charge is -2.18. The highest BCUT2D eigenvalue weighted by atomic mass is 35.5. The molecule has 0 unspecified atom stereocenters. The highest BCUT2D eigenvalue weighted by molar-refractivity contribution is 6.31. The van der Waals surface area contributed by atoms with Gasteiger partial charge in [0.2, 0.25) is 5.91 Å². The first-order valence-corrected chi connectivity index (χ1v) is 8.43. The molecule has 1 N–H and O–H groups in total. The molecule has 0 aliphatic carbocycles. The van der Waals surface area contributed by atoms with Crippen LogP contribution in [0.25, 0.3) is 10.9 Å². The monoisotopic (exact) mass is 370 g/mol. The Kier molecular flexibility index (Phi) is 4.05. The van der Waals surface area contributed by atoms with Crippen LogP contribution in [0.1, 0.15) is 22.1 Å². The zero-order chi connectivity index (χ0) is 18.3. The lowest BCUT2D eigenvalue weighted by molar-refractivity contribution is 0.0941. The van der Waals surface area contributed by atoms with Crippen LogP contribution in [-0.4, -0.2) is 29.6 Å². The molecule has 0 spiro atoms. The molecule has 3 aromatic rings. The lowest BCUT2D eigenvalue weighted by atomic mass is 10.1. The molecular weight excluding hydrogens is 356 g/mol. The molecule has 26 heavy (non-hydrogen) atoms. The number of anilines is 1. The molecule has 2 aromatic carbocycles. The third-order valence-corrected chi connectivity index (χ3v) is 4.39. The van der Waals surface area contributed by atoms with E-state index in [1.807, 2.05) is 0 Å². The van der Waals surface area contributed by atoms with Gasteiger partial charge < -0.3 is 14.8 Å². The van der Waals surface area contributed by atoms with Crippen molar-refractivity contribution in [2.45, 2.75) is 6.92 Å². The lowest BCUT2D eigenvalue weighted by Crippen LogP contribution is -2.16. The van der Waals surface area contributed by atoms with E-state index < -0.39 is 0 Å². The van der Waals surface area contributed by atoms with Gasteiger partial charge in [0.1, 0.15) is 13.2 Å². The van der Waals surface area contributed by atoms with Crippen molar-refractivity contribution in [1.29, 1.82) is 0 Å². The van der Waals surface area contributed by atoms with Gasteiger partial charge in [-0.25, -0.2) is 0 Å². The van der Waals surface area contributed by atoms with Gasteiger partial charge in [0.25, 0.3) is 5.91 Å². The molecule has 1 aromatic heterocycles. The van der Waals surface area contributed by atoms with E-state index in [-0.39, 0.29) is 11.8 Å². The molecule has 0 fully saturated rings. The molecule has 2 heterocycles. The van der Waals surface area contributed by atoms with Gasteiger partial charge in [-0.2, -0.15) is 0 Å². The number of hydrogen-bond acceptors (Lipinski definition) is 4. The second-order valence-electron chi connectivity index (χ2n) is 5.91. The van der Waals surface area contributed by atoms with E-state index in [2.05, 4.69) is 5.32 Å². The molecule has 0 radical (unpaired) electrons. The van der Waals surface area contributed by atoms with Crippen LogP contribution in [0.2, 0.25) is 5.02 Å². The number of halogens is 1.